The molecule has 0 aliphatic rings. The van der Waals surface area contributed by atoms with Crippen LogP contribution in [0, 0.1) is 0 Å². The van der Waals surface area contributed by atoms with Gasteiger partial charge in [0.1, 0.15) is 17.8 Å². The highest BCUT2D eigenvalue weighted by Gasteiger charge is 2.28. The SMILES string of the molecule is NC(=O)CC[C@H](NC(=O)[C@@H](N)CCC(N)=O)C(=O)N[C@@H](Cc1ccc(O)cc1)C(=O)O. The molecule has 0 saturated heterocycles. The van der Waals surface area contributed by atoms with E-state index in [2.05, 4.69) is 10.6 Å². The van der Waals surface area contributed by atoms with Gasteiger partial charge in [0.05, 0.1) is 6.04 Å². The van der Waals surface area contributed by atoms with Gasteiger partial charge in [0.2, 0.25) is 23.6 Å². The number of aliphatic carboxylic acids is 1. The maximum Gasteiger partial charge on any atom is 0.326 e. The third kappa shape index (κ3) is 9.58. The number of phenols is 1. The minimum Gasteiger partial charge on any atom is -0.508 e. The lowest BCUT2D eigenvalue weighted by Crippen LogP contribution is -2.55. The predicted molar refractivity (Wildman–Crippen MR) is 108 cm³/mol. The number of amides is 4. The van der Waals surface area contributed by atoms with Gasteiger partial charge in [0.15, 0.2) is 0 Å². The van der Waals surface area contributed by atoms with Gasteiger partial charge >= 0.3 is 5.97 Å². The highest BCUT2D eigenvalue weighted by molar-refractivity contribution is 5.92. The third-order valence-electron chi connectivity index (χ3n) is 4.34. The summed E-state index contributed by atoms with van der Waals surface area (Å²) in [4.78, 5) is 58.4. The van der Waals surface area contributed by atoms with E-state index in [0.29, 0.717) is 5.56 Å². The van der Waals surface area contributed by atoms with Crippen LogP contribution in [0.2, 0.25) is 0 Å². The number of aromatic hydroxyl groups is 1. The van der Waals surface area contributed by atoms with Gasteiger partial charge in [-0.15, -0.1) is 0 Å². The average Bonchev–Trinajstić information content (AvgIpc) is 2.69. The first kappa shape index (κ1) is 25.4. The van der Waals surface area contributed by atoms with Crippen molar-refractivity contribution >= 4 is 29.6 Å². The van der Waals surface area contributed by atoms with Crippen LogP contribution in [0.4, 0.5) is 0 Å². The number of benzene rings is 1. The Bertz CT molecular complexity index is 812. The predicted octanol–water partition coefficient (Wildman–Crippen LogP) is -2.15. The summed E-state index contributed by atoms with van der Waals surface area (Å²) in [5.74, 6) is -4.30. The van der Waals surface area contributed by atoms with E-state index in [1.54, 1.807) is 0 Å². The van der Waals surface area contributed by atoms with Crippen molar-refractivity contribution < 1.29 is 34.2 Å². The molecule has 170 valence electrons. The first-order valence-corrected chi connectivity index (χ1v) is 9.43. The summed E-state index contributed by atoms with van der Waals surface area (Å²) in [6.45, 7) is 0. The van der Waals surface area contributed by atoms with E-state index in [-0.39, 0.29) is 37.9 Å². The van der Waals surface area contributed by atoms with E-state index in [9.17, 15) is 34.2 Å². The van der Waals surface area contributed by atoms with E-state index in [0.717, 1.165) is 0 Å². The number of primary amides is 2. The molecule has 4 amide bonds. The van der Waals surface area contributed by atoms with Crippen LogP contribution >= 0.6 is 0 Å². The topological polar surface area (TPSA) is 228 Å². The zero-order valence-electron chi connectivity index (χ0n) is 16.7. The largest absolute Gasteiger partial charge is 0.508 e. The Balaban J connectivity index is 2.86. The number of nitrogens with one attached hydrogen (secondary N) is 2. The van der Waals surface area contributed by atoms with Gasteiger partial charge in [-0.3, -0.25) is 19.2 Å². The van der Waals surface area contributed by atoms with E-state index in [1.165, 1.54) is 24.3 Å². The fourth-order valence-electron chi connectivity index (χ4n) is 2.60. The van der Waals surface area contributed by atoms with Crippen molar-refractivity contribution in [1.82, 2.24) is 10.6 Å². The highest BCUT2D eigenvalue weighted by atomic mass is 16.4. The van der Waals surface area contributed by atoms with Crippen LogP contribution in [-0.2, 0) is 30.4 Å². The summed E-state index contributed by atoms with van der Waals surface area (Å²) in [6.07, 6.45) is -0.702. The quantitative estimate of drug-likeness (QED) is 0.179. The van der Waals surface area contributed by atoms with Crippen molar-refractivity contribution in [2.24, 2.45) is 17.2 Å². The molecule has 0 radical (unpaired) electrons. The van der Waals surface area contributed by atoms with Gasteiger partial charge in [-0.1, -0.05) is 12.1 Å². The fraction of sp³-hybridized carbons (Fsp3) is 0.421. The molecule has 10 N–H and O–H groups in total. The zero-order valence-corrected chi connectivity index (χ0v) is 16.7. The zero-order chi connectivity index (χ0) is 23.6. The number of carboxylic acid groups (broad SMARTS) is 1. The number of hydrogen-bond acceptors (Lipinski definition) is 7. The Morgan fingerprint density at radius 2 is 1.35 bits per heavy atom. The second-order valence-electron chi connectivity index (χ2n) is 6.95. The van der Waals surface area contributed by atoms with Crippen molar-refractivity contribution in [3.05, 3.63) is 29.8 Å². The van der Waals surface area contributed by atoms with E-state index in [1.807, 2.05) is 0 Å². The summed E-state index contributed by atoms with van der Waals surface area (Å²) in [7, 11) is 0. The van der Waals surface area contributed by atoms with Crippen LogP contribution in [0.25, 0.3) is 0 Å². The molecule has 1 aromatic rings. The summed E-state index contributed by atoms with van der Waals surface area (Å²) >= 11 is 0. The molecule has 0 heterocycles. The molecule has 0 unspecified atom stereocenters. The third-order valence-corrected chi connectivity index (χ3v) is 4.34. The van der Waals surface area contributed by atoms with E-state index in [4.69, 9.17) is 17.2 Å². The Kier molecular flexibility index (Phi) is 9.92. The minimum absolute atomic E-state index is 0.00145. The summed E-state index contributed by atoms with van der Waals surface area (Å²) in [5.41, 5.74) is 16.3. The molecule has 0 bridgehead atoms. The monoisotopic (exact) mass is 437 g/mol. The molecular formula is C19H27N5O7. The molecule has 1 aromatic carbocycles. The maximum absolute atomic E-state index is 12.6. The van der Waals surface area contributed by atoms with Gasteiger partial charge in [0, 0.05) is 19.3 Å². The summed E-state index contributed by atoms with van der Waals surface area (Å²) < 4.78 is 0. The normalized spacial score (nSPS) is 13.5. The van der Waals surface area contributed by atoms with Crippen molar-refractivity contribution in [3.63, 3.8) is 0 Å². The molecule has 0 aliphatic heterocycles. The number of nitrogens with two attached hydrogens (primary N) is 3. The Hall–Kier alpha value is -3.67. The van der Waals surface area contributed by atoms with Crippen LogP contribution in [0.3, 0.4) is 0 Å². The lowest BCUT2D eigenvalue weighted by Gasteiger charge is -2.22. The van der Waals surface area contributed by atoms with Crippen molar-refractivity contribution in [1.29, 1.82) is 0 Å². The van der Waals surface area contributed by atoms with Gasteiger partial charge in [-0.2, -0.15) is 0 Å². The smallest absolute Gasteiger partial charge is 0.326 e. The van der Waals surface area contributed by atoms with Crippen LogP contribution in [0.15, 0.2) is 24.3 Å². The molecule has 1 rings (SSSR count). The van der Waals surface area contributed by atoms with Crippen molar-refractivity contribution in [2.75, 3.05) is 0 Å². The Morgan fingerprint density at radius 1 is 0.839 bits per heavy atom. The molecule has 0 aliphatic carbocycles. The van der Waals surface area contributed by atoms with Crippen molar-refractivity contribution in [2.45, 2.75) is 50.2 Å². The van der Waals surface area contributed by atoms with Crippen LogP contribution in [0.1, 0.15) is 31.2 Å². The second kappa shape index (κ2) is 12.1. The van der Waals surface area contributed by atoms with Gasteiger partial charge in [0.25, 0.3) is 0 Å². The first-order valence-electron chi connectivity index (χ1n) is 9.43. The first-order chi connectivity index (χ1) is 14.5. The minimum atomic E-state index is -1.34. The Morgan fingerprint density at radius 3 is 1.87 bits per heavy atom. The van der Waals surface area contributed by atoms with Gasteiger partial charge < -0.3 is 38.0 Å². The standard InChI is InChI=1S/C19H27N5O7/c20-12(5-7-15(21)26)17(28)23-13(6-8-16(22)27)18(29)24-14(19(30)31)9-10-1-3-11(25)4-2-10/h1-4,12-14,25H,5-9,20H2,(H2,21,26)(H2,22,27)(H,23,28)(H,24,29)(H,30,31)/t12-,13-,14-/m0/s1. The second-order valence-corrected chi connectivity index (χ2v) is 6.95. The molecular weight excluding hydrogens is 410 g/mol. The van der Waals surface area contributed by atoms with Crippen molar-refractivity contribution in [3.8, 4) is 5.75 Å². The molecule has 0 saturated carbocycles. The highest BCUT2D eigenvalue weighted by Crippen LogP contribution is 2.12. The van der Waals surface area contributed by atoms with E-state index >= 15 is 0 Å². The van der Waals surface area contributed by atoms with Crippen LogP contribution in [-0.4, -0.2) is 57.9 Å². The number of carbonyl (C=O) groups excluding carboxylic acids is 4. The molecule has 0 spiro atoms. The maximum atomic E-state index is 12.6. The molecule has 3 atom stereocenters. The lowest BCUT2D eigenvalue weighted by molar-refractivity contribution is -0.142. The molecule has 31 heavy (non-hydrogen) atoms. The average molecular weight is 437 g/mol. The number of hydrogen-bond donors (Lipinski definition) is 7. The molecule has 0 fully saturated rings. The lowest BCUT2D eigenvalue weighted by atomic mass is 10.0. The summed E-state index contributed by atoms with van der Waals surface area (Å²) in [5, 5.41) is 23.4. The number of phenolic OH excluding ortho intramolecular Hbond substituents is 1. The number of carboxylic acids is 1. The van der Waals surface area contributed by atoms with Crippen LogP contribution < -0.4 is 27.8 Å². The van der Waals surface area contributed by atoms with Gasteiger partial charge in [-0.25, -0.2) is 4.79 Å². The molecule has 12 nitrogen and oxygen atoms in total. The Labute approximate surface area is 178 Å². The molecule has 12 heteroatoms. The van der Waals surface area contributed by atoms with Crippen LogP contribution in [0.5, 0.6) is 5.75 Å². The summed E-state index contributed by atoms with van der Waals surface area (Å²) in [6, 6.07) is 2.00. The van der Waals surface area contributed by atoms with Gasteiger partial charge in [-0.05, 0) is 30.5 Å². The fourth-order valence-corrected chi connectivity index (χ4v) is 2.60. The van der Waals surface area contributed by atoms with E-state index < -0.39 is 47.7 Å². The molecule has 0 aromatic heterocycles. The number of carbonyl (C=O) groups is 5. The number of rotatable bonds is 13.